The molecule has 0 bridgehead atoms. The first kappa shape index (κ1) is 15.7. The smallest absolute Gasteiger partial charge is 0.161 e. The van der Waals surface area contributed by atoms with E-state index in [4.69, 9.17) is 22.3 Å². The van der Waals surface area contributed by atoms with Gasteiger partial charge < -0.3 is 11.1 Å². The molecule has 1 heterocycles. The lowest BCUT2D eigenvalue weighted by Crippen LogP contribution is -2.21. The molecule has 0 unspecified atom stereocenters. The summed E-state index contributed by atoms with van der Waals surface area (Å²) in [6.45, 7) is 7.63. The molecule has 2 aromatic rings. The maximum Gasteiger partial charge on any atom is 0.161 e. The second kappa shape index (κ2) is 6.41. The maximum absolute atomic E-state index is 6.24. The summed E-state index contributed by atoms with van der Waals surface area (Å²) in [6.07, 6.45) is 1.81. The number of anilines is 1. The number of rotatable bonds is 4. The van der Waals surface area contributed by atoms with E-state index in [9.17, 15) is 0 Å². The minimum atomic E-state index is -0.101. The van der Waals surface area contributed by atoms with Gasteiger partial charge in [-0.05, 0) is 12.1 Å². The minimum absolute atomic E-state index is 0.101. The fraction of sp³-hybridized carbons (Fsp3) is 0.375. The predicted molar refractivity (Wildman–Crippen MR) is 88.7 cm³/mol. The molecule has 0 saturated carbocycles. The van der Waals surface area contributed by atoms with Crippen LogP contribution in [0.2, 0.25) is 5.02 Å². The molecule has 0 saturated heterocycles. The zero-order chi connectivity index (χ0) is 15.5. The minimum Gasteiger partial charge on any atom is -0.381 e. The maximum atomic E-state index is 6.24. The summed E-state index contributed by atoms with van der Waals surface area (Å²) in [5.74, 6) is 0.642. The molecule has 5 heteroatoms. The number of nitrogens with two attached hydrogens (primary N) is 1. The highest BCUT2D eigenvalue weighted by Crippen LogP contribution is 2.31. The number of aromatic nitrogens is 2. The van der Waals surface area contributed by atoms with E-state index >= 15 is 0 Å². The van der Waals surface area contributed by atoms with E-state index in [2.05, 4.69) is 31.1 Å². The molecule has 112 valence electrons. The molecule has 0 radical (unpaired) electrons. The first-order valence-electron chi connectivity index (χ1n) is 7.00. The van der Waals surface area contributed by atoms with Crippen molar-refractivity contribution in [3.8, 4) is 11.4 Å². The average Bonchev–Trinajstić information content (AvgIpc) is 2.44. The number of benzene rings is 1. The number of halogens is 1. The Hall–Kier alpha value is -1.65. The van der Waals surface area contributed by atoms with Crippen LogP contribution in [0.4, 0.5) is 5.69 Å². The first-order valence-corrected chi connectivity index (χ1v) is 7.37. The first-order chi connectivity index (χ1) is 9.93. The van der Waals surface area contributed by atoms with Crippen molar-refractivity contribution in [3.63, 3.8) is 0 Å². The van der Waals surface area contributed by atoms with Gasteiger partial charge in [0.1, 0.15) is 0 Å². The highest BCUT2D eigenvalue weighted by Gasteiger charge is 2.21. The highest BCUT2D eigenvalue weighted by molar-refractivity contribution is 6.33. The van der Waals surface area contributed by atoms with Gasteiger partial charge in [-0.2, -0.15) is 0 Å². The van der Waals surface area contributed by atoms with E-state index in [1.807, 2.05) is 30.5 Å². The van der Waals surface area contributed by atoms with Crippen molar-refractivity contribution in [2.24, 2.45) is 5.73 Å². The molecular weight excluding hydrogens is 284 g/mol. The Morgan fingerprint density at radius 1 is 1.24 bits per heavy atom. The summed E-state index contributed by atoms with van der Waals surface area (Å²) < 4.78 is 0. The Balaban J connectivity index is 2.49. The zero-order valence-corrected chi connectivity index (χ0v) is 13.4. The van der Waals surface area contributed by atoms with E-state index in [0.29, 0.717) is 23.9 Å². The van der Waals surface area contributed by atoms with Gasteiger partial charge in [-0.25, -0.2) is 9.97 Å². The monoisotopic (exact) mass is 304 g/mol. The zero-order valence-electron chi connectivity index (χ0n) is 12.7. The SMILES string of the molecule is CC(C)(C)c1nc(-c2ccccc2Cl)ncc1NCCN. The van der Waals surface area contributed by atoms with Crippen molar-refractivity contribution in [2.45, 2.75) is 26.2 Å². The van der Waals surface area contributed by atoms with Gasteiger partial charge in [0.05, 0.1) is 22.6 Å². The number of hydrogen-bond donors (Lipinski definition) is 2. The summed E-state index contributed by atoms with van der Waals surface area (Å²) in [7, 11) is 0. The van der Waals surface area contributed by atoms with Crippen LogP contribution in [-0.2, 0) is 5.41 Å². The molecule has 1 aromatic carbocycles. The molecule has 3 N–H and O–H groups in total. The summed E-state index contributed by atoms with van der Waals surface area (Å²) >= 11 is 6.24. The summed E-state index contributed by atoms with van der Waals surface area (Å²) in [5.41, 5.74) is 8.18. The number of nitrogens with one attached hydrogen (secondary N) is 1. The van der Waals surface area contributed by atoms with Crippen LogP contribution in [0, 0.1) is 0 Å². The third-order valence-corrected chi connectivity index (χ3v) is 3.40. The van der Waals surface area contributed by atoms with Crippen LogP contribution in [0.25, 0.3) is 11.4 Å². The normalized spacial score (nSPS) is 11.5. The van der Waals surface area contributed by atoms with Crippen molar-refractivity contribution >= 4 is 17.3 Å². The average molecular weight is 305 g/mol. The molecule has 0 spiro atoms. The fourth-order valence-corrected chi connectivity index (χ4v) is 2.28. The van der Waals surface area contributed by atoms with Gasteiger partial charge in [0.2, 0.25) is 0 Å². The van der Waals surface area contributed by atoms with E-state index < -0.39 is 0 Å². The van der Waals surface area contributed by atoms with Gasteiger partial charge in [0.25, 0.3) is 0 Å². The molecular formula is C16H21ClN4. The second-order valence-electron chi connectivity index (χ2n) is 5.90. The van der Waals surface area contributed by atoms with Crippen LogP contribution in [-0.4, -0.2) is 23.1 Å². The van der Waals surface area contributed by atoms with Gasteiger partial charge in [-0.1, -0.05) is 44.5 Å². The third-order valence-electron chi connectivity index (χ3n) is 3.07. The van der Waals surface area contributed by atoms with Crippen LogP contribution in [0.3, 0.4) is 0 Å². The van der Waals surface area contributed by atoms with E-state index in [-0.39, 0.29) is 5.41 Å². The predicted octanol–water partition coefficient (Wildman–Crippen LogP) is 3.47. The Labute approximate surface area is 130 Å². The van der Waals surface area contributed by atoms with Gasteiger partial charge in [-0.3, -0.25) is 0 Å². The molecule has 0 amide bonds. The standard InChI is InChI=1S/C16H21ClN4/c1-16(2,3)14-13(19-9-8-18)10-20-15(21-14)11-6-4-5-7-12(11)17/h4-7,10,19H,8-9,18H2,1-3H3. The molecule has 0 aliphatic carbocycles. The summed E-state index contributed by atoms with van der Waals surface area (Å²) in [6, 6.07) is 7.60. The van der Waals surface area contributed by atoms with Crippen molar-refractivity contribution in [3.05, 3.63) is 41.2 Å². The van der Waals surface area contributed by atoms with Gasteiger partial charge in [0, 0.05) is 24.1 Å². The molecule has 21 heavy (non-hydrogen) atoms. The second-order valence-corrected chi connectivity index (χ2v) is 6.31. The Bertz CT molecular complexity index is 620. The van der Waals surface area contributed by atoms with Crippen LogP contribution >= 0.6 is 11.6 Å². The fourth-order valence-electron chi connectivity index (χ4n) is 2.06. The Kier molecular flexibility index (Phi) is 4.80. The molecule has 4 nitrogen and oxygen atoms in total. The lowest BCUT2D eigenvalue weighted by molar-refractivity contribution is 0.569. The van der Waals surface area contributed by atoms with Crippen LogP contribution in [0.15, 0.2) is 30.5 Å². The van der Waals surface area contributed by atoms with Crippen molar-refractivity contribution in [2.75, 3.05) is 18.4 Å². The Morgan fingerprint density at radius 3 is 2.57 bits per heavy atom. The molecule has 1 aromatic heterocycles. The van der Waals surface area contributed by atoms with Crippen LogP contribution < -0.4 is 11.1 Å². The summed E-state index contributed by atoms with van der Waals surface area (Å²) in [5, 5.41) is 3.93. The largest absolute Gasteiger partial charge is 0.381 e. The Morgan fingerprint density at radius 2 is 1.95 bits per heavy atom. The molecule has 0 aliphatic heterocycles. The molecule has 0 atom stereocenters. The lowest BCUT2D eigenvalue weighted by Gasteiger charge is -2.22. The lowest BCUT2D eigenvalue weighted by atomic mass is 9.90. The highest BCUT2D eigenvalue weighted by atomic mass is 35.5. The van der Waals surface area contributed by atoms with Crippen molar-refractivity contribution in [1.82, 2.24) is 9.97 Å². The van der Waals surface area contributed by atoms with E-state index in [0.717, 1.165) is 16.9 Å². The number of nitrogens with zero attached hydrogens (tertiary/aromatic N) is 2. The van der Waals surface area contributed by atoms with Crippen LogP contribution in [0.5, 0.6) is 0 Å². The van der Waals surface area contributed by atoms with Gasteiger partial charge in [-0.15, -0.1) is 0 Å². The van der Waals surface area contributed by atoms with Crippen LogP contribution in [0.1, 0.15) is 26.5 Å². The quantitative estimate of drug-likeness (QED) is 0.908. The van der Waals surface area contributed by atoms with Gasteiger partial charge >= 0.3 is 0 Å². The summed E-state index contributed by atoms with van der Waals surface area (Å²) in [4.78, 5) is 9.17. The molecule has 2 rings (SSSR count). The van der Waals surface area contributed by atoms with E-state index in [1.165, 1.54) is 0 Å². The van der Waals surface area contributed by atoms with Crippen molar-refractivity contribution in [1.29, 1.82) is 0 Å². The van der Waals surface area contributed by atoms with Gasteiger partial charge in [0.15, 0.2) is 5.82 Å². The third kappa shape index (κ3) is 3.71. The topological polar surface area (TPSA) is 63.8 Å². The number of hydrogen-bond acceptors (Lipinski definition) is 4. The molecule has 0 fully saturated rings. The van der Waals surface area contributed by atoms with E-state index in [1.54, 1.807) is 0 Å². The van der Waals surface area contributed by atoms with Crippen molar-refractivity contribution < 1.29 is 0 Å². The molecule has 0 aliphatic rings.